The average molecular weight is 472 g/mol. The lowest BCUT2D eigenvalue weighted by Gasteiger charge is -2.55. The van der Waals surface area contributed by atoms with Crippen LogP contribution in [0.15, 0.2) is 65.8 Å². The summed E-state index contributed by atoms with van der Waals surface area (Å²) in [6.07, 6.45) is 14.3. The van der Waals surface area contributed by atoms with Gasteiger partial charge in [-0.05, 0) is 103 Å². The van der Waals surface area contributed by atoms with Gasteiger partial charge in [0.1, 0.15) is 6.67 Å². The van der Waals surface area contributed by atoms with Gasteiger partial charge in [0.15, 0.2) is 0 Å². The number of nitrogens with zero attached hydrogens (tertiary/aromatic N) is 1. The SMILES string of the molecule is CN(CCF)[C@@H]1CCC2=CC3=CC[C@]4(C)C(c5ccc6ccccc6c5)CC[C@H]4C34CC[C@]2(C1)O4. The molecule has 6 atom stereocenters. The van der Waals surface area contributed by atoms with Crippen LogP contribution in [0.1, 0.15) is 69.8 Å². The van der Waals surface area contributed by atoms with Crippen LogP contribution in [-0.4, -0.2) is 42.4 Å². The lowest BCUT2D eigenvalue weighted by Crippen LogP contribution is -2.55. The maximum Gasteiger partial charge on any atom is 0.102 e. The average Bonchev–Trinajstić information content (AvgIpc) is 3.38. The molecule has 5 aliphatic rings. The highest BCUT2D eigenvalue weighted by atomic mass is 19.1. The molecule has 2 aromatic carbocycles. The molecule has 2 saturated carbocycles. The Morgan fingerprint density at radius 1 is 1.06 bits per heavy atom. The number of benzene rings is 2. The van der Waals surface area contributed by atoms with Crippen LogP contribution in [0.3, 0.4) is 0 Å². The first-order valence-electron chi connectivity index (χ1n) is 13.8. The smallest absolute Gasteiger partial charge is 0.102 e. The second-order valence-corrected chi connectivity index (χ2v) is 12.4. The van der Waals surface area contributed by atoms with Crippen molar-refractivity contribution in [3.8, 4) is 0 Å². The molecule has 0 N–H and O–H groups in total. The van der Waals surface area contributed by atoms with E-state index in [9.17, 15) is 4.39 Å². The molecule has 2 heterocycles. The van der Waals surface area contributed by atoms with Gasteiger partial charge in [-0.2, -0.15) is 0 Å². The number of rotatable bonds is 4. The van der Waals surface area contributed by atoms with Crippen molar-refractivity contribution in [2.45, 2.75) is 81.5 Å². The monoisotopic (exact) mass is 471 g/mol. The fourth-order valence-electron chi connectivity index (χ4n) is 9.05. The zero-order valence-corrected chi connectivity index (χ0v) is 21.2. The van der Waals surface area contributed by atoms with Gasteiger partial charge in [0.2, 0.25) is 0 Å². The van der Waals surface area contributed by atoms with Gasteiger partial charge in [0.05, 0.1) is 11.2 Å². The van der Waals surface area contributed by atoms with Crippen molar-refractivity contribution >= 4 is 10.8 Å². The normalized spacial score (nSPS) is 39.7. The van der Waals surface area contributed by atoms with Crippen molar-refractivity contribution in [3.05, 3.63) is 71.3 Å². The first-order chi connectivity index (χ1) is 17.0. The predicted molar refractivity (Wildman–Crippen MR) is 140 cm³/mol. The maximum absolute atomic E-state index is 13.1. The van der Waals surface area contributed by atoms with Gasteiger partial charge in [-0.15, -0.1) is 0 Å². The summed E-state index contributed by atoms with van der Waals surface area (Å²) in [4.78, 5) is 2.24. The van der Waals surface area contributed by atoms with Crippen molar-refractivity contribution in [2.75, 3.05) is 20.3 Å². The van der Waals surface area contributed by atoms with Crippen LogP contribution in [0.25, 0.3) is 10.8 Å². The minimum Gasteiger partial charge on any atom is -0.359 e. The lowest BCUT2D eigenvalue weighted by atomic mass is 9.58. The van der Waals surface area contributed by atoms with E-state index in [1.54, 1.807) is 0 Å². The fourth-order valence-corrected chi connectivity index (χ4v) is 9.05. The van der Waals surface area contributed by atoms with E-state index >= 15 is 0 Å². The number of allylic oxidation sites excluding steroid dienone is 1. The third-order valence-corrected chi connectivity index (χ3v) is 10.9. The second-order valence-electron chi connectivity index (χ2n) is 12.4. The van der Waals surface area contributed by atoms with Gasteiger partial charge >= 0.3 is 0 Å². The summed E-state index contributed by atoms with van der Waals surface area (Å²) in [5, 5.41) is 2.69. The van der Waals surface area contributed by atoms with Crippen molar-refractivity contribution in [1.29, 1.82) is 0 Å². The third-order valence-electron chi connectivity index (χ3n) is 10.9. The molecule has 0 amide bonds. The van der Waals surface area contributed by atoms with E-state index < -0.39 is 0 Å². The summed E-state index contributed by atoms with van der Waals surface area (Å²) in [5.74, 6) is 1.14. The highest BCUT2D eigenvalue weighted by molar-refractivity contribution is 5.83. The number of hydrogen-bond donors (Lipinski definition) is 0. The van der Waals surface area contributed by atoms with Gasteiger partial charge in [-0.25, -0.2) is 4.39 Å². The van der Waals surface area contributed by atoms with Crippen LogP contribution in [0, 0.1) is 11.3 Å². The summed E-state index contributed by atoms with van der Waals surface area (Å²) in [6, 6.07) is 16.3. The molecule has 0 aromatic heterocycles. The van der Waals surface area contributed by atoms with E-state index in [4.69, 9.17) is 4.74 Å². The highest BCUT2D eigenvalue weighted by Crippen LogP contribution is 2.69. The minimum atomic E-state index is -0.267. The molecule has 0 radical (unpaired) electrons. The Morgan fingerprint density at radius 2 is 1.91 bits per heavy atom. The van der Waals surface area contributed by atoms with Gasteiger partial charge in [0, 0.05) is 12.6 Å². The Hall–Kier alpha value is -1.97. The lowest BCUT2D eigenvalue weighted by molar-refractivity contribution is -0.140. The number of hydrogen-bond acceptors (Lipinski definition) is 2. The molecule has 2 spiro atoms. The standard InChI is InChI=1S/C32H38FNO/c1-30-14-13-26-20-25-9-10-27(34(2)18-17-33)21-31(25)15-16-32(26,35-31)29(30)12-11-28(30)24-8-7-22-5-3-4-6-23(22)19-24/h3-8,13,19-20,27-29H,9-12,14-18,21H2,1-2H3/t27-,28?,29-,30-,31-,32?/m1/s1. The van der Waals surface area contributed by atoms with Gasteiger partial charge in [-0.3, -0.25) is 0 Å². The van der Waals surface area contributed by atoms with Crippen molar-refractivity contribution in [2.24, 2.45) is 11.3 Å². The summed E-state index contributed by atoms with van der Waals surface area (Å²) in [5.41, 5.74) is 4.49. The molecule has 2 unspecified atom stereocenters. The van der Waals surface area contributed by atoms with E-state index in [1.807, 2.05) is 0 Å². The highest BCUT2D eigenvalue weighted by Gasteiger charge is 2.66. The van der Waals surface area contributed by atoms with Crippen LogP contribution in [-0.2, 0) is 4.74 Å². The Balaban J connectivity index is 1.24. The molecule has 1 saturated heterocycles. The maximum atomic E-state index is 13.1. The van der Waals surface area contributed by atoms with E-state index in [1.165, 1.54) is 40.3 Å². The number of halogens is 1. The first-order valence-corrected chi connectivity index (χ1v) is 13.8. The predicted octanol–water partition coefficient (Wildman–Crippen LogP) is 7.35. The van der Waals surface area contributed by atoms with Crippen LogP contribution in [0.4, 0.5) is 4.39 Å². The van der Waals surface area contributed by atoms with Crippen LogP contribution in [0.5, 0.6) is 0 Å². The quantitative estimate of drug-likeness (QED) is 0.462. The van der Waals surface area contributed by atoms with E-state index in [-0.39, 0.29) is 23.3 Å². The zero-order chi connectivity index (χ0) is 23.8. The molecular formula is C32H38FNO. The molecule has 2 aliphatic heterocycles. The molecule has 2 aromatic rings. The zero-order valence-electron chi connectivity index (χ0n) is 21.2. The molecule has 3 fully saturated rings. The molecule has 35 heavy (non-hydrogen) atoms. The van der Waals surface area contributed by atoms with E-state index in [2.05, 4.69) is 73.5 Å². The van der Waals surface area contributed by atoms with E-state index in [0.717, 1.165) is 38.5 Å². The summed E-state index contributed by atoms with van der Waals surface area (Å²) in [6.45, 7) is 2.82. The number of fused-ring (bicyclic) bond motifs is 2. The van der Waals surface area contributed by atoms with Crippen molar-refractivity contribution in [1.82, 2.24) is 4.90 Å². The number of alkyl halides is 1. The van der Waals surface area contributed by atoms with Gasteiger partial charge in [0.25, 0.3) is 0 Å². The molecule has 2 bridgehead atoms. The summed E-state index contributed by atoms with van der Waals surface area (Å²) in [7, 11) is 2.09. The topological polar surface area (TPSA) is 12.5 Å². The molecular weight excluding hydrogens is 433 g/mol. The van der Waals surface area contributed by atoms with E-state index in [0.29, 0.717) is 24.4 Å². The van der Waals surface area contributed by atoms with Crippen LogP contribution in [0.2, 0.25) is 0 Å². The van der Waals surface area contributed by atoms with Crippen LogP contribution < -0.4 is 0 Å². The first kappa shape index (κ1) is 22.2. The number of ether oxygens (including phenoxy) is 1. The molecule has 7 rings (SSSR count). The van der Waals surface area contributed by atoms with Gasteiger partial charge < -0.3 is 9.64 Å². The molecule has 3 heteroatoms. The Bertz CT molecular complexity index is 1230. The largest absolute Gasteiger partial charge is 0.359 e. The molecule has 3 aliphatic carbocycles. The second kappa shape index (κ2) is 7.76. The summed E-state index contributed by atoms with van der Waals surface area (Å²) >= 11 is 0. The van der Waals surface area contributed by atoms with Gasteiger partial charge in [-0.1, -0.05) is 61.5 Å². The molecule has 2 nitrogen and oxygen atoms in total. The Labute approximate surface area is 209 Å². The van der Waals surface area contributed by atoms with Crippen molar-refractivity contribution < 1.29 is 9.13 Å². The van der Waals surface area contributed by atoms with Crippen LogP contribution >= 0.6 is 0 Å². The summed E-state index contributed by atoms with van der Waals surface area (Å²) < 4.78 is 20.5. The Morgan fingerprint density at radius 3 is 2.77 bits per heavy atom. The fraction of sp³-hybridized carbons (Fsp3) is 0.562. The van der Waals surface area contributed by atoms with Crippen molar-refractivity contribution in [3.63, 3.8) is 0 Å². The molecule has 184 valence electrons. The third kappa shape index (κ3) is 3.07. The Kier molecular flexibility index (Phi) is 4.93. The minimum absolute atomic E-state index is 0.121.